The van der Waals surface area contributed by atoms with Crippen LogP contribution in [-0.2, 0) is 14.3 Å². The number of carbonyl (C=O) groups is 2. The minimum absolute atomic E-state index is 0.151. The Labute approximate surface area is 148 Å². The van der Waals surface area contributed by atoms with Gasteiger partial charge in [-0.25, -0.2) is 0 Å². The van der Waals surface area contributed by atoms with Gasteiger partial charge >= 0.3 is 0 Å². The van der Waals surface area contributed by atoms with Gasteiger partial charge in [0.15, 0.2) is 0 Å². The number of benzene rings is 1. The molecule has 1 rings (SSSR count). The maximum absolute atomic E-state index is 12.3. The summed E-state index contributed by atoms with van der Waals surface area (Å²) in [6, 6.07) is 9.30. The van der Waals surface area contributed by atoms with E-state index in [1.807, 2.05) is 30.3 Å². The number of ether oxygens (including phenoxy) is 1. The van der Waals surface area contributed by atoms with Crippen molar-refractivity contribution >= 4 is 23.6 Å². The van der Waals surface area contributed by atoms with Gasteiger partial charge in [0, 0.05) is 37.3 Å². The molecule has 1 aromatic rings. The molecule has 0 aliphatic carbocycles. The van der Waals surface area contributed by atoms with Crippen molar-refractivity contribution in [2.24, 2.45) is 0 Å². The quantitative estimate of drug-likeness (QED) is 0.448. The third kappa shape index (κ3) is 9.57. The number of carbonyl (C=O) groups excluding carboxylic acids is 2. The summed E-state index contributed by atoms with van der Waals surface area (Å²) in [5.74, 6) is 0.150. The highest BCUT2D eigenvalue weighted by Crippen LogP contribution is 2.17. The van der Waals surface area contributed by atoms with E-state index in [1.54, 1.807) is 11.8 Å². The Morgan fingerprint density at radius 2 is 1.88 bits per heavy atom. The van der Waals surface area contributed by atoms with Crippen LogP contribution in [-0.4, -0.2) is 43.4 Å². The Morgan fingerprint density at radius 3 is 2.54 bits per heavy atom. The summed E-state index contributed by atoms with van der Waals surface area (Å²) in [4.78, 5) is 24.7. The lowest BCUT2D eigenvalue weighted by atomic mass is 10.3. The van der Waals surface area contributed by atoms with E-state index in [1.165, 1.54) is 6.92 Å². The van der Waals surface area contributed by atoms with Gasteiger partial charge in [-0.15, -0.1) is 11.8 Å². The van der Waals surface area contributed by atoms with Crippen LogP contribution < -0.4 is 10.6 Å². The molecule has 0 spiro atoms. The standard InChI is InChI=1S/C18H28N2O3S/c1-3-4-12-23-13-8-11-19-18(22)17(20-15(2)21)14-24-16-9-6-5-7-10-16/h5-7,9-10,17H,3-4,8,11-14H2,1-2H3,(H,19,22)(H,20,21). The first-order valence-corrected chi connectivity index (χ1v) is 9.42. The van der Waals surface area contributed by atoms with Crippen molar-refractivity contribution in [1.29, 1.82) is 0 Å². The summed E-state index contributed by atoms with van der Waals surface area (Å²) in [7, 11) is 0. The second-order valence-corrected chi connectivity index (χ2v) is 6.58. The molecule has 0 aromatic heterocycles. The van der Waals surface area contributed by atoms with E-state index in [9.17, 15) is 9.59 Å². The van der Waals surface area contributed by atoms with Crippen molar-refractivity contribution in [3.8, 4) is 0 Å². The summed E-state index contributed by atoms with van der Waals surface area (Å²) >= 11 is 1.55. The van der Waals surface area contributed by atoms with Crippen LogP contribution in [0.3, 0.4) is 0 Å². The monoisotopic (exact) mass is 352 g/mol. The number of unbranched alkanes of at least 4 members (excludes halogenated alkanes) is 1. The lowest BCUT2D eigenvalue weighted by molar-refractivity contribution is -0.127. The molecule has 2 N–H and O–H groups in total. The van der Waals surface area contributed by atoms with Crippen LogP contribution in [0.25, 0.3) is 0 Å². The van der Waals surface area contributed by atoms with Gasteiger partial charge in [-0.2, -0.15) is 0 Å². The van der Waals surface area contributed by atoms with Gasteiger partial charge in [-0.05, 0) is 25.0 Å². The Kier molecular flexibility index (Phi) is 11.0. The molecule has 0 aliphatic heterocycles. The number of hydrogen-bond donors (Lipinski definition) is 2. The van der Waals surface area contributed by atoms with E-state index < -0.39 is 6.04 Å². The summed E-state index contributed by atoms with van der Waals surface area (Å²) in [6.07, 6.45) is 2.95. The maximum Gasteiger partial charge on any atom is 0.243 e. The fourth-order valence-electron chi connectivity index (χ4n) is 1.98. The van der Waals surface area contributed by atoms with E-state index in [-0.39, 0.29) is 11.8 Å². The van der Waals surface area contributed by atoms with Gasteiger partial charge in [0.1, 0.15) is 6.04 Å². The molecule has 0 aliphatic rings. The van der Waals surface area contributed by atoms with Crippen molar-refractivity contribution in [3.63, 3.8) is 0 Å². The summed E-state index contributed by atoms with van der Waals surface area (Å²) in [5, 5.41) is 5.58. The van der Waals surface area contributed by atoms with Crippen molar-refractivity contribution in [1.82, 2.24) is 10.6 Å². The molecule has 0 fully saturated rings. The highest BCUT2D eigenvalue weighted by molar-refractivity contribution is 7.99. The van der Waals surface area contributed by atoms with Crippen LogP contribution in [0.1, 0.15) is 33.1 Å². The van der Waals surface area contributed by atoms with E-state index in [4.69, 9.17) is 4.74 Å². The fraction of sp³-hybridized carbons (Fsp3) is 0.556. The molecular formula is C18H28N2O3S. The summed E-state index contributed by atoms with van der Waals surface area (Å²) in [6.45, 7) is 5.52. The molecule has 0 radical (unpaired) electrons. The second kappa shape index (κ2) is 12.8. The molecule has 0 bridgehead atoms. The molecule has 1 aromatic carbocycles. The van der Waals surface area contributed by atoms with Crippen LogP contribution in [0.2, 0.25) is 0 Å². The molecule has 0 saturated heterocycles. The molecule has 24 heavy (non-hydrogen) atoms. The van der Waals surface area contributed by atoms with Gasteiger partial charge in [-0.1, -0.05) is 31.5 Å². The van der Waals surface area contributed by atoms with Crippen LogP contribution >= 0.6 is 11.8 Å². The first-order valence-electron chi connectivity index (χ1n) is 8.44. The average molecular weight is 353 g/mol. The molecule has 6 heteroatoms. The largest absolute Gasteiger partial charge is 0.381 e. The lowest BCUT2D eigenvalue weighted by Crippen LogP contribution is -2.47. The summed E-state index contributed by atoms with van der Waals surface area (Å²) < 4.78 is 5.46. The lowest BCUT2D eigenvalue weighted by Gasteiger charge is -2.17. The first kappa shape index (κ1) is 20.5. The number of amides is 2. The van der Waals surface area contributed by atoms with Gasteiger partial charge in [0.05, 0.1) is 0 Å². The summed E-state index contributed by atoms with van der Waals surface area (Å²) in [5.41, 5.74) is 0. The third-order valence-electron chi connectivity index (χ3n) is 3.26. The molecule has 2 amide bonds. The second-order valence-electron chi connectivity index (χ2n) is 5.49. The number of rotatable bonds is 12. The number of hydrogen-bond acceptors (Lipinski definition) is 4. The highest BCUT2D eigenvalue weighted by Gasteiger charge is 2.19. The molecule has 1 unspecified atom stereocenters. The minimum atomic E-state index is -0.534. The Hall–Kier alpha value is -1.53. The Bertz CT molecular complexity index is 482. The van der Waals surface area contributed by atoms with Crippen molar-refractivity contribution < 1.29 is 14.3 Å². The van der Waals surface area contributed by atoms with Gasteiger partial charge in [0.2, 0.25) is 11.8 Å². The SMILES string of the molecule is CCCCOCCCNC(=O)C(CSc1ccccc1)NC(C)=O. The zero-order chi connectivity index (χ0) is 17.6. The van der Waals surface area contributed by atoms with E-state index in [0.29, 0.717) is 18.9 Å². The van der Waals surface area contributed by atoms with Gasteiger partial charge < -0.3 is 15.4 Å². The minimum Gasteiger partial charge on any atom is -0.381 e. The van der Waals surface area contributed by atoms with Crippen LogP contribution in [0.4, 0.5) is 0 Å². The topological polar surface area (TPSA) is 67.4 Å². The van der Waals surface area contributed by atoms with Crippen LogP contribution in [0.15, 0.2) is 35.2 Å². The molecule has 134 valence electrons. The fourth-order valence-corrected chi connectivity index (χ4v) is 2.93. The van der Waals surface area contributed by atoms with Crippen LogP contribution in [0, 0.1) is 0 Å². The predicted octanol–water partition coefficient (Wildman–Crippen LogP) is 2.61. The molecule has 0 saturated carbocycles. The average Bonchev–Trinajstić information content (AvgIpc) is 2.58. The van der Waals surface area contributed by atoms with E-state index in [2.05, 4.69) is 17.6 Å². The predicted molar refractivity (Wildman–Crippen MR) is 98.1 cm³/mol. The smallest absolute Gasteiger partial charge is 0.243 e. The first-order chi connectivity index (χ1) is 11.6. The normalized spacial score (nSPS) is 11.8. The molecule has 0 heterocycles. The third-order valence-corrected chi connectivity index (χ3v) is 4.37. The van der Waals surface area contributed by atoms with Crippen molar-refractivity contribution in [3.05, 3.63) is 30.3 Å². The van der Waals surface area contributed by atoms with Gasteiger partial charge in [-0.3, -0.25) is 9.59 Å². The molecule has 1 atom stereocenters. The zero-order valence-corrected chi connectivity index (χ0v) is 15.4. The Balaban J connectivity index is 2.31. The Morgan fingerprint density at radius 1 is 1.17 bits per heavy atom. The van der Waals surface area contributed by atoms with Gasteiger partial charge in [0.25, 0.3) is 0 Å². The number of thioether (sulfide) groups is 1. The van der Waals surface area contributed by atoms with Crippen LogP contribution in [0.5, 0.6) is 0 Å². The molecular weight excluding hydrogens is 324 g/mol. The highest BCUT2D eigenvalue weighted by atomic mass is 32.2. The number of nitrogens with one attached hydrogen (secondary N) is 2. The molecule has 5 nitrogen and oxygen atoms in total. The maximum atomic E-state index is 12.3. The van der Waals surface area contributed by atoms with Crippen molar-refractivity contribution in [2.75, 3.05) is 25.5 Å². The van der Waals surface area contributed by atoms with E-state index in [0.717, 1.165) is 30.8 Å². The zero-order valence-electron chi connectivity index (χ0n) is 14.5. The van der Waals surface area contributed by atoms with E-state index >= 15 is 0 Å². The van der Waals surface area contributed by atoms with Crippen molar-refractivity contribution in [2.45, 2.75) is 44.0 Å².